The van der Waals surface area contributed by atoms with Crippen LogP contribution in [0.15, 0.2) is 0 Å². The van der Waals surface area contributed by atoms with Crippen LogP contribution >= 0.6 is 0 Å². The van der Waals surface area contributed by atoms with E-state index < -0.39 is 8.80 Å². The van der Waals surface area contributed by atoms with Gasteiger partial charge < -0.3 is 24.3 Å². The first-order valence-corrected chi connectivity index (χ1v) is 7.26. The van der Waals surface area contributed by atoms with Gasteiger partial charge in [-0.15, -0.1) is 0 Å². The highest BCUT2D eigenvalue weighted by molar-refractivity contribution is 6.60. The summed E-state index contributed by atoms with van der Waals surface area (Å²) in [6, 6.07) is 0.839. The number of nitrogens with one attached hydrogen (secondary N) is 1. The molecular weight excluding hydrogens is 212 g/mol. The van der Waals surface area contributed by atoms with Gasteiger partial charge in [0, 0.05) is 26.9 Å². The van der Waals surface area contributed by atoms with Crippen LogP contribution in [0.4, 0.5) is 0 Å². The van der Waals surface area contributed by atoms with Crippen LogP contribution in [0.1, 0.15) is 12.8 Å². The van der Waals surface area contributed by atoms with Gasteiger partial charge in [0.25, 0.3) is 0 Å². The van der Waals surface area contributed by atoms with E-state index in [2.05, 4.69) is 5.32 Å². The molecule has 0 saturated carbocycles. The zero-order chi connectivity index (χ0) is 11.6. The van der Waals surface area contributed by atoms with Gasteiger partial charge in [-0.2, -0.15) is 0 Å². The minimum atomic E-state index is -2.41. The Bertz CT molecular complexity index is 133. The van der Waals surface area contributed by atoms with Crippen molar-refractivity contribution in [1.82, 2.24) is 5.32 Å². The fourth-order valence-electron chi connectivity index (χ4n) is 1.27. The van der Waals surface area contributed by atoms with E-state index in [0.29, 0.717) is 13.2 Å². The van der Waals surface area contributed by atoms with Crippen LogP contribution in [-0.4, -0.2) is 49.8 Å². The van der Waals surface area contributed by atoms with Crippen LogP contribution in [0.2, 0.25) is 6.04 Å². The van der Waals surface area contributed by atoms with Gasteiger partial charge in [-0.25, -0.2) is 0 Å². The highest BCUT2D eigenvalue weighted by Crippen LogP contribution is 2.15. The molecule has 0 heterocycles. The van der Waals surface area contributed by atoms with Crippen LogP contribution in [-0.2, 0) is 13.3 Å². The third-order valence-corrected chi connectivity index (χ3v) is 5.06. The Hall–Kier alpha value is 0.0169. The molecule has 0 fully saturated rings. The van der Waals surface area contributed by atoms with Crippen LogP contribution in [0.3, 0.4) is 0 Å². The molecule has 0 saturated heterocycles. The summed E-state index contributed by atoms with van der Waals surface area (Å²) in [4.78, 5) is 0. The molecule has 0 aromatic heterocycles. The standard InChI is InChI=1S/C9H24N2O3Si/c1-11-7-5-9-15(12-2,13-3)14-8-4-6-10/h11H,4-10H2,1-3H3. The molecule has 0 unspecified atom stereocenters. The van der Waals surface area contributed by atoms with E-state index in [-0.39, 0.29) is 0 Å². The zero-order valence-electron chi connectivity index (χ0n) is 10.0. The molecule has 0 amide bonds. The second-order valence-corrected chi connectivity index (χ2v) is 6.26. The lowest BCUT2D eigenvalue weighted by Crippen LogP contribution is -2.44. The summed E-state index contributed by atoms with van der Waals surface area (Å²) in [5.41, 5.74) is 5.41. The molecule has 3 N–H and O–H groups in total. The number of nitrogens with two attached hydrogens (primary N) is 1. The molecule has 0 aliphatic heterocycles. The van der Waals surface area contributed by atoms with E-state index in [9.17, 15) is 0 Å². The highest BCUT2D eigenvalue weighted by atomic mass is 28.4. The Balaban J connectivity index is 3.93. The summed E-state index contributed by atoms with van der Waals surface area (Å²) in [7, 11) is 2.82. The average molecular weight is 236 g/mol. The lowest BCUT2D eigenvalue weighted by molar-refractivity contribution is 0.0972. The molecule has 0 spiro atoms. The molecule has 5 nitrogen and oxygen atoms in total. The Morgan fingerprint density at radius 2 is 1.87 bits per heavy atom. The van der Waals surface area contributed by atoms with Gasteiger partial charge in [0.2, 0.25) is 0 Å². The molecule has 0 aromatic carbocycles. The van der Waals surface area contributed by atoms with Crippen molar-refractivity contribution in [3.8, 4) is 0 Å². The molecule has 92 valence electrons. The zero-order valence-corrected chi connectivity index (χ0v) is 11.0. The first kappa shape index (κ1) is 15.0. The van der Waals surface area contributed by atoms with Crippen molar-refractivity contribution in [3.63, 3.8) is 0 Å². The van der Waals surface area contributed by atoms with Gasteiger partial charge in [0.05, 0.1) is 0 Å². The summed E-state index contributed by atoms with van der Waals surface area (Å²) in [5.74, 6) is 0. The smallest absolute Gasteiger partial charge is 0.377 e. The van der Waals surface area contributed by atoms with E-state index in [1.807, 2.05) is 7.05 Å². The predicted molar refractivity (Wildman–Crippen MR) is 62.7 cm³/mol. The van der Waals surface area contributed by atoms with Crippen molar-refractivity contribution in [2.24, 2.45) is 5.73 Å². The van der Waals surface area contributed by atoms with Crippen LogP contribution < -0.4 is 11.1 Å². The molecular formula is C9H24N2O3Si. The number of hydrogen-bond donors (Lipinski definition) is 2. The molecule has 0 aromatic rings. The predicted octanol–water partition coefficient (Wildman–Crippen LogP) is 0.193. The lowest BCUT2D eigenvalue weighted by Gasteiger charge is -2.26. The summed E-state index contributed by atoms with van der Waals surface area (Å²) < 4.78 is 16.5. The summed E-state index contributed by atoms with van der Waals surface area (Å²) in [6.07, 6.45) is 1.83. The first-order valence-electron chi connectivity index (χ1n) is 5.33. The topological polar surface area (TPSA) is 65.7 Å². The third-order valence-electron chi connectivity index (χ3n) is 2.20. The van der Waals surface area contributed by atoms with Gasteiger partial charge in [-0.3, -0.25) is 0 Å². The first-order chi connectivity index (χ1) is 7.24. The highest BCUT2D eigenvalue weighted by Gasteiger charge is 2.37. The van der Waals surface area contributed by atoms with Gasteiger partial charge in [-0.1, -0.05) is 0 Å². The van der Waals surface area contributed by atoms with E-state index in [0.717, 1.165) is 25.4 Å². The maximum Gasteiger partial charge on any atom is 0.500 e. The summed E-state index contributed by atoms with van der Waals surface area (Å²) in [5, 5.41) is 3.09. The van der Waals surface area contributed by atoms with Crippen LogP contribution in [0.25, 0.3) is 0 Å². The second-order valence-electron chi connectivity index (χ2n) is 3.29. The molecule has 0 bridgehead atoms. The Morgan fingerprint density at radius 3 is 2.33 bits per heavy atom. The molecule has 0 aliphatic carbocycles. The molecule has 6 heteroatoms. The van der Waals surface area contributed by atoms with Crippen LogP contribution in [0.5, 0.6) is 0 Å². The van der Waals surface area contributed by atoms with Gasteiger partial charge >= 0.3 is 8.80 Å². The fraction of sp³-hybridized carbons (Fsp3) is 1.00. The Morgan fingerprint density at radius 1 is 1.20 bits per heavy atom. The van der Waals surface area contributed by atoms with Gasteiger partial charge in [0.1, 0.15) is 0 Å². The Labute approximate surface area is 93.6 Å². The number of hydrogen-bond acceptors (Lipinski definition) is 5. The van der Waals surface area contributed by atoms with Crippen molar-refractivity contribution in [3.05, 3.63) is 0 Å². The quantitative estimate of drug-likeness (QED) is 0.419. The molecule has 0 radical (unpaired) electrons. The van der Waals surface area contributed by atoms with Crippen molar-refractivity contribution in [2.75, 3.05) is 41.0 Å². The van der Waals surface area contributed by atoms with E-state index in [1.54, 1.807) is 14.2 Å². The largest absolute Gasteiger partial charge is 0.500 e. The fourth-order valence-corrected chi connectivity index (χ4v) is 3.29. The maximum atomic E-state index is 5.70. The number of rotatable bonds is 10. The second kappa shape index (κ2) is 9.26. The Kier molecular flexibility index (Phi) is 9.27. The third kappa shape index (κ3) is 6.24. The van der Waals surface area contributed by atoms with Crippen molar-refractivity contribution in [1.29, 1.82) is 0 Å². The van der Waals surface area contributed by atoms with Crippen molar-refractivity contribution < 1.29 is 13.3 Å². The summed E-state index contributed by atoms with van der Waals surface area (Å²) >= 11 is 0. The van der Waals surface area contributed by atoms with Crippen molar-refractivity contribution >= 4 is 8.80 Å². The minimum Gasteiger partial charge on any atom is -0.377 e. The normalized spacial score (nSPS) is 12.0. The maximum absolute atomic E-state index is 5.70. The minimum absolute atomic E-state index is 0.615. The molecule has 0 rings (SSSR count). The monoisotopic (exact) mass is 236 g/mol. The average Bonchev–Trinajstić information content (AvgIpc) is 2.28. The van der Waals surface area contributed by atoms with E-state index in [4.69, 9.17) is 19.0 Å². The van der Waals surface area contributed by atoms with Crippen LogP contribution in [0, 0.1) is 0 Å². The van der Waals surface area contributed by atoms with Crippen molar-refractivity contribution in [2.45, 2.75) is 18.9 Å². The van der Waals surface area contributed by atoms with Gasteiger partial charge in [-0.05, 0) is 33.0 Å². The SMILES string of the molecule is CNCCC[Si](OC)(OC)OCCCN. The summed E-state index contributed by atoms with van der Waals surface area (Å²) in [6.45, 7) is 2.19. The van der Waals surface area contributed by atoms with E-state index in [1.165, 1.54) is 0 Å². The molecule has 15 heavy (non-hydrogen) atoms. The lowest BCUT2D eigenvalue weighted by atomic mass is 10.5. The molecule has 0 aliphatic rings. The van der Waals surface area contributed by atoms with Gasteiger partial charge in [0.15, 0.2) is 0 Å². The van der Waals surface area contributed by atoms with E-state index >= 15 is 0 Å². The molecule has 0 atom stereocenters.